The van der Waals surface area contributed by atoms with Crippen molar-refractivity contribution in [3.63, 3.8) is 0 Å². The molecule has 28 heavy (non-hydrogen) atoms. The lowest BCUT2D eigenvalue weighted by molar-refractivity contribution is 0.589. The molecule has 0 unspecified atom stereocenters. The summed E-state index contributed by atoms with van der Waals surface area (Å²) in [6.07, 6.45) is 2.39. The Bertz CT molecular complexity index is 837. The summed E-state index contributed by atoms with van der Waals surface area (Å²) >= 11 is 0. The normalized spacial score (nSPS) is 11.7. The smallest absolute Gasteiger partial charge is 0.0965 e. The van der Waals surface area contributed by atoms with E-state index in [0.29, 0.717) is 12.0 Å². The number of para-hydroxylation sites is 1. The second kappa shape index (κ2) is 8.84. The minimum Gasteiger partial charge on any atom is -0.377 e. The molecule has 0 amide bonds. The molecule has 0 aliphatic carbocycles. The standard InChI is InChI=1S/C24H32N4/c1-24(2,3)23-21(27(4)5)14-18(15-22(23)28(6)7)13-19(16-25)17-26-20-11-9-8-10-12-20/h8-12,14-15,17,26H,13H2,1-7H3. The van der Waals surface area contributed by atoms with Gasteiger partial charge in [0.2, 0.25) is 0 Å². The molecule has 2 aromatic carbocycles. The van der Waals surface area contributed by atoms with Gasteiger partial charge in [-0.1, -0.05) is 39.0 Å². The fraction of sp³-hybridized carbons (Fsp3) is 0.375. The van der Waals surface area contributed by atoms with Crippen molar-refractivity contribution < 1.29 is 0 Å². The number of hydrogen-bond donors (Lipinski definition) is 1. The van der Waals surface area contributed by atoms with Gasteiger partial charge < -0.3 is 15.1 Å². The molecule has 2 rings (SSSR count). The van der Waals surface area contributed by atoms with Crippen molar-refractivity contribution in [1.29, 1.82) is 5.26 Å². The molecule has 0 saturated heterocycles. The van der Waals surface area contributed by atoms with Crippen molar-refractivity contribution in [3.8, 4) is 6.07 Å². The highest BCUT2D eigenvalue weighted by Crippen LogP contribution is 2.40. The van der Waals surface area contributed by atoms with Crippen LogP contribution in [0.1, 0.15) is 31.9 Å². The largest absolute Gasteiger partial charge is 0.377 e. The Hall–Kier alpha value is -2.93. The zero-order valence-corrected chi connectivity index (χ0v) is 18.2. The number of anilines is 3. The van der Waals surface area contributed by atoms with Crippen LogP contribution in [0.5, 0.6) is 0 Å². The fourth-order valence-electron chi connectivity index (χ4n) is 3.29. The number of nitrogens with one attached hydrogen (secondary N) is 1. The van der Waals surface area contributed by atoms with E-state index in [1.165, 1.54) is 16.9 Å². The first-order valence-corrected chi connectivity index (χ1v) is 9.56. The minimum atomic E-state index is 0.0144. The van der Waals surface area contributed by atoms with Gasteiger partial charge in [0.15, 0.2) is 0 Å². The van der Waals surface area contributed by atoms with Crippen molar-refractivity contribution >= 4 is 17.1 Å². The third-order valence-corrected chi connectivity index (χ3v) is 4.60. The molecule has 4 nitrogen and oxygen atoms in total. The first kappa shape index (κ1) is 21.4. The minimum absolute atomic E-state index is 0.0144. The predicted octanol–water partition coefficient (Wildman–Crippen LogP) is 5.18. The summed E-state index contributed by atoms with van der Waals surface area (Å²) < 4.78 is 0. The van der Waals surface area contributed by atoms with Crippen LogP contribution < -0.4 is 15.1 Å². The Kier molecular flexibility index (Phi) is 6.75. The van der Waals surface area contributed by atoms with Gasteiger partial charge in [0.1, 0.15) is 0 Å². The second-order valence-electron chi connectivity index (χ2n) is 8.52. The molecule has 0 spiro atoms. The third-order valence-electron chi connectivity index (χ3n) is 4.60. The molecule has 0 saturated carbocycles. The maximum absolute atomic E-state index is 9.63. The summed E-state index contributed by atoms with van der Waals surface area (Å²) in [4.78, 5) is 4.32. The Morgan fingerprint density at radius 2 is 1.54 bits per heavy atom. The van der Waals surface area contributed by atoms with E-state index in [9.17, 15) is 5.26 Å². The van der Waals surface area contributed by atoms with Crippen LogP contribution in [-0.4, -0.2) is 28.2 Å². The van der Waals surface area contributed by atoms with Gasteiger partial charge in [-0.25, -0.2) is 0 Å². The number of benzene rings is 2. The van der Waals surface area contributed by atoms with E-state index in [0.717, 1.165) is 11.3 Å². The highest BCUT2D eigenvalue weighted by atomic mass is 15.1. The quantitative estimate of drug-likeness (QED) is 0.706. The average molecular weight is 377 g/mol. The molecule has 0 atom stereocenters. The average Bonchev–Trinajstić information content (AvgIpc) is 2.64. The van der Waals surface area contributed by atoms with Crippen molar-refractivity contribution in [2.24, 2.45) is 0 Å². The number of rotatable bonds is 6. The zero-order valence-electron chi connectivity index (χ0n) is 18.2. The Labute approximate surface area is 170 Å². The van der Waals surface area contributed by atoms with Gasteiger partial charge in [0.25, 0.3) is 0 Å². The van der Waals surface area contributed by atoms with Gasteiger partial charge in [-0.15, -0.1) is 0 Å². The van der Waals surface area contributed by atoms with Gasteiger partial charge in [0, 0.05) is 69.0 Å². The molecular weight excluding hydrogens is 344 g/mol. The van der Waals surface area contributed by atoms with Crippen LogP contribution in [-0.2, 0) is 11.8 Å². The van der Waals surface area contributed by atoms with E-state index in [1.54, 1.807) is 6.20 Å². The lowest BCUT2D eigenvalue weighted by Crippen LogP contribution is -2.24. The number of allylic oxidation sites excluding steroid dienone is 1. The third kappa shape index (κ3) is 5.29. The van der Waals surface area contributed by atoms with Crippen molar-refractivity contribution in [2.75, 3.05) is 43.3 Å². The van der Waals surface area contributed by atoms with Gasteiger partial charge in [-0.3, -0.25) is 0 Å². The van der Waals surface area contributed by atoms with E-state index < -0.39 is 0 Å². The first-order valence-electron chi connectivity index (χ1n) is 9.56. The molecule has 0 aromatic heterocycles. The van der Waals surface area contributed by atoms with Crippen LogP contribution in [0.2, 0.25) is 0 Å². The predicted molar refractivity (Wildman–Crippen MR) is 121 cm³/mol. The molecule has 0 radical (unpaired) electrons. The Morgan fingerprint density at radius 3 is 1.96 bits per heavy atom. The van der Waals surface area contributed by atoms with Crippen LogP contribution in [0.4, 0.5) is 17.1 Å². The summed E-state index contributed by atoms with van der Waals surface area (Å²) in [5, 5.41) is 12.8. The summed E-state index contributed by atoms with van der Waals surface area (Å²) in [5.74, 6) is 0. The van der Waals surface area contributed by atoms with E-state index in [1.807, 2.05) is 30.3 Å². The maximum Gasteiger partial charge on any atom is 0.0965 e. The van der Waals surface area contributed by atoms with Crippen LogP contribution in [0.3, 0.4) is 0 Å². The summed E-state index contributed by atoms with van der Waals surface area (Å²) in [6, 6.07) is 16.6. The monoisotopic (exact) mass is 376 g/mol. The molecule has 0 fully saturated rings. The van der Waals surface area contributed by atoms with Gasteiger partial charge >= 0.3 is 0 Å². The summed E-state index contributed by atoms with van der Waals surface area (Å²) in [6.45, 7) is 6.73. The molecular formula is C24H32N4. The Morgan fingerprint density at radius 1 is 1.00 bits per heavy atom. The van der Waals surface area contributed by atoms with Gasteiger partial charge in [0.05, 0.1) is 6.07 Å². The summed E-state index contributed by atoms with van der Waals surface area (Å²) in [7, 11) is 8.30. The van der Waals surface area contributed by atoms with Crippen LogP contribution in [0.15, 0.2) is 54.2 Å². The van der Waals surface area contributed by atoms with Crippen LogP contribution >= 0.6 is 0 Å². The molecule has 4 heteroatoms. The fourth-order valence-corrected chi connectivity index (χ4v) is 3.29. The van der Waals surface area contributed by atoms with Gasteiger partial charge in [-0.2, -0.15) is 5.26 Å². The number of nitriles is 1. The number of nitrogens with zero attached hydrogens (tertiary/aromatic N) is 3. The van der Waals surface area contributed by atoms with Crippen molar-refractivity contribution in [3.05, 3.63) is 65.4 Å². The van der Waals surface area contributed by atoms with Crippen LogP contribution in [0.25, 0.3) is 0 Å². The SMILES string of the molecule is CN(C)c1cc(CC(C#N)=CNc2ccccc2)cc(N(C)C)c1C(C)(C)C. The molecule has 1 N–H and O–H groups in total. The molecule has 148 valence electrons. The van der Waals surface area contributed by atoms with Crippen molar-refractivity contribution in [2.45, 2.75) is 32.6 Å². The molecule has 0 aliphatic rings. The molecule has 0 heterocycles. The topological polar surface area (TPSA) is 42.3 Å². The second-order valence-corrected chi connectivity index (χ2v) is 8.52. The molecule has 2 aromatic rings. The van der Waals surface area contributed by atoms with E-state index >= 15 is 0 Å². The van der Waals surface area contributed by atoms with E-state index in [-0.39, 0.29) is 5.41 Å². The highest BCUT2D eigenvalue weighted by molar-refractivity contribution is 5.71. The van der Waals surface area contributed by atoms with Crippen molar-refractivity contribution in [1.82, 2.24) is 0 Å². The van der Waals surface area contributed by atoms with Crippen LogP contribution in [0, 0.1) is 11.3 Å². The van der Waals surface area contributed by atoms with E-state index in [2.05, 4.69) is 82.3 Å². The lowest BCUT2D eigenvalue weighted by atomic mass is 9.82. The highest BCUT2D eigenvalue weighted by Gasteiger charge is 2.25. The maximum atomic E-state index is 9.63. The lowest BCUT2D eigenvalue weighted by Gasteiger charge is -2.32. The molecule has 0 bridgehead atoms. The summed E-state index contributed by atoms with van der Waals surface area (Å²) in [5.41, 5.74) is 6.52. The molecule has 0 aliphatic heterocycles. The van der Waals surface area contributed by atoms with Gasteiger partial charge in [-0.05, 0) is 35.2 Å². The Balaban J connectivity index is 2.43. The zero-order chi connectivity index (χ0) is 20.9. The van der Waals surface area contributed by atoms with E-state index in [4.69, 9.17) is 0 Å². The number of hydrogen-bond acceptors (Lipinski definition) is 4. The first-order chi connectivity index (χ1) is 13.1.